The van der Waals surface area contributed by atoms with Gasteiger partial charge in [-0.25, -0.2) is 0 Å². The van der Waals surface area contributed by atoms with E-state index in [0.29, 0.717) is 36.8 Å². The lowest BCUT2D eigenvalue weighted by molar-refractivity contribution is -0.277. The van der Waals surface area contributed by atoms with Gasteiger partial charge in [0, 0.05) is 43.3 Å². The molecule has 0 aromatic heterocycles. The highest BCUT2D eigenvalue weighted by Crippen LogP contribution is 2.42. The second kappa shape index (κ2) is 13.1. The number of nitrogens with one attached hydrogen (secondary N) is 1. The predicted octanol–water partition coefficient (Wildman–Crippen LogP) is 3.79. The Labute approximate surface area is 242 Å². The van der Waals surface area contributed by atoms with Crippen molar-refractivity contribution in [1.29, 1.82) is 0 Å². The number of benzene rings is 2. The van der Waals surface area contributed by atoms with Gasteiger partial charge in [0.05, 0.1) is 32.0 Å². The van der Waals surface area contributed by atoms with E-state index in [1.807, 2.05) is 24.3 Å². The zero-order chi connectivity index (χ0) is 29.9. The average Bonchev–Trinajstić information content (AvgIpc) is 3.48. The molecule has 0 bridgehead atoms. The summed E-state index contributed by atoms with van der Waals surface area (Å²) in [6.45, 7) is 5.61. The number of ether oxygens (including phenoxy) is 3. The van der Waals surface area contributed by atoms with Gasteiger partial charge in [-0.2, -0.15) is 13.2 Å². The van der Waals surface area contributed by atoms with Crippen LogP contribution < -0.4 is 5.32 Å². The molecule has 3 aliphatic heterocycles. The highest BCUT2D eigenvalue weighted by atomic mass is 19.4. The lowest BCUT2D eigenvalue weighted by Crippen LogP contribution is -2.48. The number of amides is 2. The molecule has 5 rings (SSSR count). The van der Waals surface area contributed by atoms with Crippen molar-refractivity contribution in [1.82, 2.24) is 9.80 Å². The molecule has 2 aromatic carbocycles. The SMILES string of the molecule is CC1C(CN2CCOCC2)OC(c2ccc(NC(=O)C3CCCN3C(=O)C(F)(F)F)cc2)OC1c1ccc(CO)cc1. The molecular weight excluding hydrogens is 555 g/mol. The number of carbonyl (C=O) groups excluding carboxylic acids is 2. The minimum atomic E-state index is -5.03. The van der Waals surface area contributed by atoms with Crippen LogP contribution in [0.5, 0.6) is 0 Å². The largest absolute Gasteiger partial charge is 0.471 e. The van der Waals surface area contributed by atoms with Gasteiger partial charge in [-0.3, -0.25) is 14.5 Å². The predicted molar refractivity (Wildman–Crippen MR) is 146 cm³/mol. The minimum absolute atomic E-state index is 0.0244. The number of morpholine rings is 1. The van der Waals surface area contributed by atoms with E-state index >= 15 is 0 Å². The van der Waals surface area contributed by atoms with Crippen LogP contribution in [0.2, 0.25) is 0 Å². The van der Waals surface area contributed by atoms with Gasteiger partial charge >= 0.3 is 12.1 Å². The van der Waals surface area contributed by atoms with E-state index in [0.717, 1.165) is 29.8 Å². The molecule has 2 aromatic rings. The first-order valence-corrected chi connectivity index (χ1v) is 14.2. The van der Waals surface area contributed by atoms with Crippen molar-refractivity contribution in [3.8, 4) is 0 Å². The lowest BCUT2D eigenvalue weighted by atomic mass is 9.90. The van der Waals surface area contributed by atoms with E-state index < -0.39 is 30.3 Å². The van der Waals surface area contributed by atoms with E-state index in [1.54, 1.807) is 24.3 Å². The molecule has 0 saturated carbocycles. The van der Waals surface area contributed by atoms with Crippen LogP contribution in [0.3, 0.4) is 0 Å². The van der Waals surface area contributed by atoms with Crippen LogP contribution in [0.1, 0.15) is 48.8 Å². The fourth-order valence-electron chi connectivity index (χ4n) is 5.76. The number of nitrogens with zero attached hydrogens (tertiary/aromatic N) is 2. The Morgan fingerprint density at radius 2 is 1.64 bits per heavy atom. The molecule has 3 heterocycles. The van der Waals surface area contributed by atoms with Crippen molar-refractivity contribution >= 4 is 17.5 Å². The summed E-state index contributed by atoms with van der Waals surface area (Å²) in [5, 5.41) is 12.1. The number of likely N-dealkylation sites (tertiary alicyclic amines) is 1. The van der Waals surface area contributed by atoms with Gasteiger partial charge in [-0.15, -0.1) is 0 Å². The number of rotatable bonds is 7. The molecule has 3 saturated heterocycles. The molecule has 3 fully saturated rings. The average molecular weight is 592 g/mol. The Bertz CT molecular complexity index is 1220. The fraction of sp³-hybridized carbons (Fsp3) is 0.533. The molecule has 3 aliphatic rings. The highest BCUT2D eigenvalue weighted by molar-refractivity contribution is 5.98. The number of hydrogen-bond acceptors (Lipinski definition) is 7. The second-order valence-corrected chi connectivity index (χ2v) is 11.0. The third-order valence-electron chi connectivity index (χ3n) is 8.17. The molecule has 12 heteroatoms. The molecule has 0 spiro atoms. The molecule has 2 amide bonds. The zero-order valence-corrected chi connectivity index (χ0v) is 23.4. The van der Waals surface area contributed by atoms with Crippen LogP contribution in [0.25, 0.3) is 0 Å². The molecular formula is C30H36F3N3O6. The summed E-state index contributed by atoms with van der Waals surface area (Å²) in [6, 6.07) is 13.3. The number of alkyl halides is 3. The quantitative estimate of drug-likeness (QED) is 0.506. The smallest absolute Gasteiger partial charge is 0.392 e. The van der Waals surface area contributed by atoms with Crippen LogP contribution in [0, 0.1) is 5.92 Å². The Hall–Kier alpha value is -3.03. The molecule has 5 unspecified atom stereocenters. The maximum Gasteiger partial charge on any atom is 0.471 e. The molecule has 42 heavy (non-hydrogen) atoms. The minimum Gasteiger partial charge on any atom is -0.392 e. The van der Waals surface area contributed by atoms with Crippen molar-refractivity contribution in [3.63, 3.8) is 0 Å². The van der Waals surface area contributed by atoms with Crippen molar-refractivity contribution < 1.29 is 42.1 Å². The first-order chi connectivity index (χ1) is 20.1. The molecule has 0 radical (unpaired) electrons. The van der Waals surface area contributed by atoms with Crippen molar-refractivity contribution in [2.24, 2.45) is 5.92 Å². The number of aliphatic hydroxyl groups is 1. The van der Waals surface area contributed by atoms with Gasteiger partial charge in [-0.05, 0) is 36.1 Å². The van der Waals surface area contributed by atoms with E-state index in [1.165, 1.54) is 0 Å². The van der Waals surface area contributed by atoms with Gasteiger partial charge in [0.2, 0.25) is 5.91 Å². The van der Waals surface area contributed by atoms with Gasteiger partial charge in [-0.1, -0.05) is 43.3 Å². The van der Waals surface area contributed by atoms with Crippen LogP contribution >= 0.6 is 0 Å². The maximum atomic E-state index is 13.0. The Morgan fingerprint density at radius 3 is 2.29 bits per heavy atom. The molecule has 228 valence electrons. The zero-order valence-electron chi connectivity index (χ0n) is 23.4. The number of carbonyl (C=O) groups is 2. The lowest BCUT2D eigenvalue weighted by Gasteiger charge is -2.43. The number of anilines is 1. The molecule has 5 atom stereocenters. The van der Waals surface area contributed by atoms with Crippen molar-refractivity contribution in [2.45, 2.75) is 57.1 Å². The summed E-state index contributed by atoms with van der Waals surface area (Å²) in [6.07, 6.45) is -5.67. The van der Waals surface area contributed by atoms with Crippen LogP contribution in [0.4, 0.5) is 18.9 Å². The van der Waals surface area contributed by atoms with Gasteiger partial charge in [0.25, 0.3) is 0 Å². The fourth-order valence-corrected chi connectivity index (χ4v) is 5.76. The maximum absolute atomic E-state index is 13.0. The Morgan fingerprint density at radius 1 is 0.976 bits per heavy atom. The summed E-state index contributed by atoms with van der Waals surface area (Å²) < 4.78 is 57.4. The normalized spacial score (nSPS) is 27.2. The number of halogens is 3. The van der Waals surface area contributed by atoms with Gasteiger partial charge < -0.3 is 29.5 Å². The number of aliphatic hydroxyl groups excluding tert-OH is 1. The van der Waals surface area contributed by atoms with E-state index in [9.17, 15) is 27.9 Å². The summed E-state index contributed by atoms with van der Waals surface area (Å²) in [7, 11) is 0. The van der Waals surface area contributed by atoms with E-state index in [2.05, 4.69) is 17.1 Å². The van der Waals surface area contributed by atoms with Crippen molar-refractivity contribution in [2.75, 3.05) is 44.7 Å². The number of hydrogen-bond donors (Lipinski definition) is 2. The molecule has 0 aliphatic carbocycles. The second-order valence-electron chi connectivity index (χ2n) is 11.0. The van der Waals surface area contributed by atoms with Crippen LogP contribution in [-0.4, -0.2) is 84.4 Å². The third kappa shape index (κ3) is 6.95. The Kier molecular flexibility index (Phi) is 9.48. The van der Waals surface area contributed by atoms with E-state index in [4.69, 9.17) is 14.2 Å². The van der Waals surface area contributed by atoms with Crippen LogP contribution in [-0.2, 0) is 30.4 Å². The van der Waals surface area contributed by atoms with Crippen LogP contribution in [0.15, 0.2) is 48.5 Å². The summed E-state index contributed by atoms with van der Waals surface area (Å²) in [4.78, 5) is 27.5. The standard InChI is InChI=1S/C30H36F3N3O6/c1-19-25(17-35-13-15-40-16-14-35)41-28(42-26(19)21-6-4-20(18-37)5-7-21)22-8-10-23(11-9-22)34-27(38)24-3-2-12-36(24)29(39)30(31,32)33/h4-11,19,24-26,28,37H,2-3,12-18H2,1H3,(H,34,38). The monoisotopic (exact) mass is 591 g/mol. The highest BCUT2D eigenvalue weighted by Gasteiger charge is 2.47. The third-order valence-corrected chi connectivity index (χ3v) is 8.17. The summed E-state index contributed by atoms with van der Waals surface area (Å²) in [5.41, 5.74) is 2.89. The first-order valence-electron chi connectivity index (χ1n) is 14.2. The van der Waals surface area contributed by atoms with E-state index in [-0.39, 0.29) is 37.7 Å². The summed E-state index contributed by atoms with van der Waals surface area (Å²) in [5.74, 6) is -2.63. The Balaban J connectivity index is 1.30. The molecule has 2 N–H and O–H groups in total. The van der Waals surface area contributed by atoms with Crippen molar-refractivity contribution in [3.05, 3.63) is 65.2 Å². The first kappa shape index (κ1) is 30.4. The topological polar surface area (TPSA) is 101 Å². The molecule has 9 nitrogen and oxygen atoms in total. The summed E-state index contributed by atoms with van der Waals surface area (Å²) >= 11 is 0. The van der Waals surface area contributed by atoms with Gasteiger partial charge in [0.15, 0.2) is 6.29 Å². The van der Waals surface area contributed by atoms with Gasteiger partial charge in [0.1, 0.15) is 6.04 Å².